The first-order valence-electron chi connectivity index (χ1n) is 8.39. The number of Topliss-reactive ketones (excluding diaryl/α,β-unsaturated/α-hetero) is 4. The minimum absolute atomic E-state index is 0.317. The number of esters is 1. The molecule has 11 nitrogen and oxygen atoms in total. The van der Waals surface area contributed by atoms with Gasteiger partial charge in [-0.1, -0.05) is 12.6 Å². The van der Waals surface area contributed by atoms with Gasteiger partial charge in [-0.25, -0.2) is 0 Å². The number of hydrogen-bond donors (Lipinski definition) is 5. The topological polar surface area (TPSA) is 185 Å². The van der Waals surface area contributed by atoms with Crippen LogP contribution in [0.3, 0.4) is 0 Å². The first-order valence-corrected chi connectivity index (χ1v) is 9.25. The Balaban J connectivity index is 0. The normalized spacial score (nSPS) is 16.3. The van der Waals surface area contributed by atoms with Gasteiger partial charge in [-0.15, -0.1) is 0 Å². The maximum atomic E-state index is 12.3. The van der Waals surface area contributed by atoms with Crippen molar-refractivity contribution in [1.82, 2.24) is 0 Å². The molecule has 13 heteroatoms. The quantitative estimate of drug-likeness (QED) is 0.0803. The van der Waals surface area contributed by atoms with Gasteiger partial charge in [0, 0.05) is 13.8 Å². The van der Waals surface area contributed by atoms with Gasteiger partial charge in [0.05, 0.1) is 13.2 Å². The number of carbonyl (C=O) groups is 5. The maximum absolute atomic E-state index is 12.3. The van der Waals surface area contributed by atoms with E-state index < -0.39 is 59.1 Å². The van der Waals surface area contributed by atoms with E-state index in [-0.39, 0.29) is 0 Å². The number of thiocarbonyl (C=S) groups is 1. The van der Waals surface area contributed by atoms with Gasteiger partial charge in [-0.05, 0) is 33.0 Å². The molecule has 0 bridgehead atoms. The minimum Gasteiger partial charge on any atom is -0.479 e. The number of hydrogen-bond acceptors (Lipinski definition) is 12. The third-order valence-electron chi connectivity index (χ3n) is 3.75. The second-order valence-electron chi connectivity index (χ2n) is 5.93. The Morgan fingerprint density at radius 2 is 1.50 bits per heavy atom. The first-order chi connectivity index (χ1) is 13.6. The Labute approximate surface area is 183 Å². The number of ether oxygens (including phenoxy) is 2. The van der Waals surface area contributed by atoms with Crippen LogP contribution >= 0.6 is 24.8 Å². The van der Waals surface area contributed by atoms with Crippen molar-refractivity contribution in [2.45, 2.75) is 58.0 Å². The van der Waals surface area contributed by atoms with Crippen molar-refractivity contribution in [3.63, 3.8) is 0 Å². The summed E-state index contributed by atoms with van der Waals surface area (Å²) in [5, 5.41) is 39.2. The van der Waals surface area contributed by atoms with Gasteiger partial charge in [0.1, 0.15) is 12.2 Å². The van der Waals surface area contributed by atoms with Crippen LogP contribution in [0.15, 0.2) is 0 Å². The summed E-state index contributed by atoms with van der Waals surface area (Å²) in [4.78, 5) is 59.2. The summed E-state index contributed by atoms with van der Waals surface area (Å²) >= 11 is 8.12. The Hall–Kier alpha value is -1.77. The SMILES string of the molecule is CC(=O)O[C@@](C(C)=O)(C(=O)C(C)=O)C(O)(C(C)=O)C(O)C(O)CO.CCOC(=S)S. The lowest BCUT2D eigenvalue weighted by Crippen LogP contribution is -2.76. The molecule has 0 saturated heterocycles. The van der Waals surface area contributed by atoms with Gasteiger partial charge < -0.3 is 29.9 Å². The smallest absolute Gasteiger partial charge is 0.304 e. The van der Waals surface area contributed by atoms with Crippen LogP contribution < -0.4 is 0 Å². The molecule has 172 valence electrons. The van der Waals surface area contributed by atoms with Crippen LogP contribution in [-0.2, 0) is 33.4 Å². The number of thiol groups is 1. The highest BCUT2D eigenvalue weighted by atomic mass is 32.1. The lowest BCUT2D eigenvalue weighted by atomic mass is 9.69. The molecular weight excluding hydrogens is 444 g/mol. The lowest BCUT2D eigenvalue weighted by molar-refractivity contribution is -0.226. The van der Waals surface area contributed by atoms with Gasteiger partial charge in [-0.2, -0.15) is 0 Å². The van der Waals surface area contributed by atoms with E-state index in [0.29, 0.717) is 31.8 Å². The zero-order valence-electron chi connectivity index (χ0n) is 17.1. The molecule has 0 aliphatic carbocycles. The summed E-state index contributed by atoms with van der Waals surface area (Å²) in [7, 11) is 0. The monoisotopic (exact) mass is 470 g/mol. The summed E-state index contributed by atoms with van der Waals surface area (Å²) in [5.74, 6) is -7.32. The standard InChI is InChI=1S/C14H20O10.C3H6OS2/c1-6(16)11(21)14(8(3)18,24-9(4)19)13(23,7(2)17)12(22)10(20)5-15;1-2-4-3(5)6/h10,12,15,20,22-23H,5H2,1-4H3;2H2,1H3,(H,5,6)/t10?,12?,13?,14-;/m0./s1. The van der Waals surface area contributed by atoms with E-state index >= 15 is 0 Å². The largest absolute Gasteiger partial charge is 0.479 e. The molecule has 0 aromatic carbocycles. The van der Waals surface area contributed by atoms with Crippen LogP contribution in [-0.4, -0.2) is 90.5 Å². The Morgan fingerprint density at radius 3 is 1.70 bits per heavy atom. The van der Waals surface area contributed by atoms with Crippen LogP contribution in [0, 0.1) is 0 Å². The van der Waals surface area contributed by atoms with Crippen LogP contribution in [0.5, 0.6) is 0 Å². The second kappa shape index (κ2) is 12.8. The molecule has 4 atom stereocenters. The second-order valence-corrected chi connectivity index (χ2v) is 7.01. The van der Waals surface area contributed by atoms with E-state index in [1.165, 1.54) is 0 Å². The minimum atomic E-state index is -3.50. The highest BCUT2D eigenvalue weighted by Gasteiger charge is 2.70. The third-order valence-corrected chi connectivity index (χ3v) is 4.00. The molecule has 0 heterocycles. The fraction of sp³-hybridized carbons (Fsp3) is 0.647. The molecule has 0 rings (SSSR count). The van der Waals surface area contributed by atoms with E-state index in [4.69, 9.17) is 5.11 Å². The van der Waals surface area contributed by atoms with Crippen LogP contribution in [0.1, 0.15) is 34.6 Å². The van der Waals surface area contributed by atoms with Crippen LogP contribution in [0.2, 0.25) is 0 Å². The third kappa shape index (κ3) is 6.89. The van der Waals surface area contributed by atoms with Crippen molar-refractivity contribution in [2.75, 3.05) is 13.2 Å². The van der Waals surface area contributed by atoms with E-state index in [1.807, 2.05) is 6.92 Å². The molecule has 0 aromatic rings. The Bertz CT molecular complexity index is 693. The van der Waals surface area contributed by atoms with E-state index in [2.05, 4.69) is 34.3 Å². The molecular formula is C17H26O11S2. The molecule has 0 radical (unpaired) electrons. The molecule has 0 saturated carbocycles. The van der Waals surface area contributed by atoms with Crippen molar-refractivity contribution >= 4 is 58.3 Å². The zero-order valence-corrected chi connectivity index (χ0v) is 18.8. The van der Waals surface area contributed by atoms with Crippen molar-refractivity contribution in [2.24, 2.45) is 0 Å². The summed E-state index contributed by atoms with van der Waals surface area (Å²) in [6.45, 7) is 4.03. The molecule has 0 aliphatic rings. The van der Waals surface area contributed by atoms with Gasteiger partial charge in [0.25, 0.3) is 11.4 Å². The average molecular weight is 471 g/mol. The highest BCUT2D eigenvalue weighted by molar-refractivity contribution is 8.10. The van der Waals surface area contributed by atoms with E-state index in [1.54, 1.807) is 0 Å². The molecule has 30 heavy (non-hydrogen) atoms. The number of ketones is 4. The summed E-state index contributed by atoms with van der Waals surface area (Å²) in [6.07, 6.45) is -4.81. The molecule has 0 aliphatic heterocycles. The fourth-order valence-electron chi connectivity index (χ4n) is 2.43. The predicted molar refractivity (Wildman–Crippen MR) is 109 cm³/mol. The number of aliphatic hydroxyl groups is 4. The van der Waals surface area contributed by atoms with E-state index in [9.17, 15) is 39.3 Å². The lowest BCUT2D eigenvalue weighted by Gasteiger charge is -2.44. The molecule has 0 amide bonds. The van der Waals surface area contributed by atoms with Gasteiger partial charge in [-0.3, -0.25) is 24.0 Å². The van der Waals surface area contributed by atoms with Crippen LogP contribution in [0.25, 0.3) is 0 Å². The molecule has 0 spiro atoms. The zero-order chi connectivity index (χ0) is 24.4. The maximum Gasteiger partial charge on any atom is 0.304 e. The van der Waals surface area contributed by atoms with Gasteiger partial charge in [0.2, 0.25) is 9.98 Å². The number of rotatable bonds is 10. The average Bonchev–Trinajstić information content (AvgIpc) is 2.63. The van der Waals surface area contributed by atoms with Gasteiger partial charge in [0.15, 0.2) is 17.3 Å². The van der Waals surface area contributed by atoms with Gasteiger partial charge >= 0.3 is 5.97 Å². The molecule has 4 N–H and O–H groups in total. The highest BCUT2D eigenvalue weighted by Crippen LogP contribution is 2.35. The van der Waals surface area contributed by atoms with E-state index in [0.717, 1.165) is 6.92 Å². The summed E-state index contributed by atoms with van der Waals surface area (Å²) < 4.78 is 9.54. The fourth-order valence-corrected chi connectivity index (χ4v) is 2.67. The molecule has 0 fully saturated rings. The van der Waals surface area contributed by atoms with Crippen molar-refractivity contribution in [3.05, 3.63) is 0 Å². The molecule has 0 aromatic heterocycles. The Morgan fingerprint density at radius 1 is 1.03 bits per heavy atom. The predicted octanol–water partition coefficient (Wildman–Crippen LogP) is -1.69. The van der Waals surface area contributed by atoms with Crippen molar-refractivity contribution in [1.29, 1.82) is 0 Å². The summed E-state index contributed by atoms with van der Waals surface area (Å²) in [5.41, 5.74) is -6.92. The number of carbonyl (C=O) groups excluding carboxylic acids is 5. The summed E-state index contributed by atoms with van der Waals surface area (Å²) in [6, 6.07) is 0. The first kappa shape index (κ1) is 30.4. The number of aliphatic hydroxyl groups excluding tert-OH is 3. The Kier molecular flexibility index (Phi) is 13.0. The van der Waals surface area contributed by atoms with Crippen LogP contribution in [0.4, 0.5) is 0 Å². The molecule has 3 unspecified atom stereocenters. The van der Waals surface area contributed by atoms with Crippen molar-refractivity contribution in [3.8, 4) is 0 Å². The van der Waals surface area contributed by atoms with Crippen molar-refractivity contribution < 1.29 is 53.9 Å².